The van der Waals surface area contributed by atoms with Crippen molar-refractivity contribution in [2.45, 2.75) is 62.7 Å². The molecule has 0 aliphatic carbocycles. The third-order valence-corrected chi connectivity index (χ3v) is 9.17. The number of likely N-dealkylation sites (N-methyl/N-ethyl adjacent to an activating group) is 1. The first-order valence-corrected chi connectivity index (χ1v) is 15.0. The van der Waals surface area contributed by atoms with Crippen molar-refractivity contribution in [3.05, 3.63) is 75.8 Å². The predicted molar refractivity (Wildman–Crippen MR) is 164 cm³/mol. The largest absolute Gasteiger partial charge is 0.344 e. The lowest BCUT2D eigenvalue weighted by molar-refractivity contribution is -0.129. The number of fused-ring (bicyclic) bond motifs is 1. The maximum Gasteiger partial charge on any atom is 0.246 e. The number of rotatable bonds is 8. The van der Waals surface area contributed by atoms with Crippen LogP contribution in [0.15, 0.2) is 49.2 Å². The number of hydrogen-bond donors (Lipinski definition) is 0. The lowest BCUT2D eigenvalue weighted by atomic mass is 9.83. The van der Waals surface area contributed by atoms with Crippen LogP contribution >= 0.6 is 33.9 Å². The van der Waals surface area contributed by atoms with Gasteiger partial charge in [-0.3, -0.25) is 14.3 Å². The van der Waals surface area contributed by atoms with E-state index in [1.807, 2.05) is 43.1 Å². The van der Waals surface area contributed by atoms with Crippen molar-refractivity contribution in [2.75, 3.05) is 20.1 Å². The lowest BCUT2D eigenvalue weighted by Crippen LogP contribution is -2.41. The number of halogens is 2. The zero-order valence-corrected chi connectivity index (χ0v) is 26.4. The molecule has 3 heterocycles. The molecule has 2 aromatic heterocycles. The highest BCUT2D eigenvalue weighted by Crippen LogP contribution is 2.45. The standard InChI is InChI=1S/C30H36FIN4O2S/c1-8-20-14-23-24(15-35(27(38)9-2)17-26(23)39-20)21-12-10-11-13-22(21)25-16-36(33-28(25)30(6,31)32)29(4,5)18-34(7)19(3)37/h9-14,16,24H,2,8,15,17-18H2,1,3-7H3/t24-,30?/m0/s1. The molecule has 2 atom stereocenters. The minimum absolute atomic E-state index is 0.0424. The molecule has 1 aliphatic rings. The number of alkyl halides is 2. The number of aryl methyl sites for hydroxylation is 1. The molecule has 0 radical (unpaired) electrons. The number of aromatic nitrogens is 2. The average molecular weight is 663 g/mol. The summed E-state index contributed by atoms with van der Waals surface area (Å²) in [6.07, 6.45) is 4.20. The molecule has 208 valence electrons. The van der Waals surface area contributed by atoms with E-state index in [2.05, 4.69) is 25.6 Å². The van der Waals surface area contributed by atoms with E-state index in [4.69, 9.17) is 5.10 Å². The van der Waals surface area contributed by atoms with Crippen LogP contribution in [0.2, 0.25) is 0 Å². The van der Waals surface area contributed by atoms with E-state index in [0.29, 0.717) is 30.9 Å². The van der Waals surface area contributed by atoms with Gasteiger partial charge in [-0.1, -0.05) is 37.8 Å². The minimum atomic E-state index is -1.73. The van der Waals surface area contributed by atoms with Gasteiger partial charge in [-0.15, -0.1) is 11.3 Å². The van der Waals surface area contributed by atoms with Crippen LogP contribution in [0.3, 0.4) is 0 Å². The number of thiophene rings is 1. The molecule has 3 aromatic rings. The Labute approximate surface area is 248 Å². The van der Waals surface area contributed by atoms with E-state index in [9.17, 15) is 9.59 Å². The van der Waals surface area contributed by atoms with Gasteiger partial charge < -0.3 is 9.80 Å². The molecule has 0 bridgehead atoms. The Hall–Kier alpha value is -2.53. The molecule has 4 rings (SSSR count). The van der Waals surface area contributed by atoms with E-state index >= 15 is 4.39 Å². The fraction of sp³-hybridized carbons (Fsp3) is 0.433. The molecule has 6 nitrogen and oxygen atoms in total. The Bertz CT molecular complexity index is 1400. The summed E-state index contributed by atoms with van der Waals surface area (Å²) in [6, 6.07) is 10.3. The quantitative estimate of drug-likeness (QED) is 0.155. The molecular formula is C30H36FIN4O2S. The van der Waals surface area contributed by atoms with Crippen molar-refractivity contribution in [3.8, 4) is 11.1 Å². The summed E-state index contributed by atoms with van der Waals surface area (Å²) in [7, 11) is 1.75. The SMILES string of the molecule is C=CC(=O)N1Cc2sc(CC)cc2[C@H](c2ccccc2-c2cn(C(C)(C)CN(C)C(C)=O)nc2C(C)(F)I)C1. The molecule has 0 fully saturated rings. The lowest BCUT2D eigenvalue weighted by Gasteiger charge is -2.33. The molecule has 39 heavy (non-hydrogen) atoms. The molecule has 9 heteroatoms. The smallest absolute Gasteiger partial charge is 0.246 e. The van der Waals surface area contributed by atoms with Crippen molar-refractivity contribution in [2.24, 2.45) is 0 Å². The molecule has 0 saturated carbocycles. The van der Waals surface area contributed by atoms with Crippen LogP contribution < -0.4 is 0 Å². The van der Waals surface area contributed by atoms with Gasteiger partial charge in [-0.25, -0.2) is 4.39 Å². The molecule has 1 aliphatic heterocycles. The Morgan fingerprint density at radius 1 is 1.26 bits per heavy atom. The number of carbonyl (C=O) groups is 2. The highest BCUT2D eigenvalue weighted by atomic mass is 127. The molecular weight excluding hydrogens is 626 g/mol. The summed E-state index contributed by atoms with van der Waals surface area (Å²) in [4.78, 5) is 30.6. The summed E-state index contributed by atoms with van der Waals surface area (Å²) in [5.74, 6) is -0.208. The van der Waals surface area contributed by atoms with Gasteiger partial charge in [-0.05, 0) is 78.6 Å². The summed E-state index contributed by atoms with van der Waals surface area (Å²) in [5, 5.41) is 4.77. The van der Waals surface area contributed by atoms with Gasteiger partial charge in [0.05, 0.1) is 12.1 Å². The maximum absolute atomic E-state index is 15.7. The molecule has 0 saturated heterocycles. The predicted octanol–water partition coefficient (Wildman–Crippen LogP) is 6.62. The zero-order chi connectivity index (χ0) is 28.7. The van der Waals surface area contributed by atoms with Crippen LogP contribution in [0.1, 0.15) is 67.1 Å². The van der Waals surface area contributed by atoms with E-state index in [0.717, 1.165) is 17.5 Å². The third kappa shape index (κ3) is 5.99. The third-order valence-electron chi connectivity index (χ3n) is 7.38. The van der Waals surface area contributed by atoms with Crippen molar-refractivity contribution in [3.63, 3.8) is 0 Å². The molecule has 1 unspecified atom stereocenters. The normalized spacial score (nSPS) is 16.9. The van der Waals surface area contributed by atoms with Crippen LogP contribution in [0.25, 0.3) is 11.1 Å². The fourth-order valence-electron chi connectivity index (χ4n) is 5.23. The van der Waals surface area contributed by atoms with Crippen LogP contribution in [0.5, 0.6) is 0 Å². The van der Waals surface area contributed by atoms with Crippen LogP contribution in [-0.2, 0) is 31.8 Å². The first kappa shape index (κ1) is 29.5. The summed E-state index contributed by atoms with van der Waals surface area (Å²) in [6.45, 7) is 14.4. The highest BCUT2D eigenvalue weighted by molar-refractivity contribution is 14.1. The second kappa shape index (κ2) is 11.2. The van der Waals surface area contributed by atoms with Gasteiger partial charge in [0, 0.05) is 54.5 Å². The van der Waals surface area contributed by atoms with Crippen molar-refractivity contribution in [1.82, 2.24) is 19.6 Å². The van der Waals surface area contributed by atoms with Crippen molar-refractivity contribution < 1.29 is 14.0 Å². The number of amides is 2. The number of carbonyl (C=O) groups excluding carboxylic acids is 2. The van der Waals surface area contributed by atoms with Gasteiger partial charge in [-0.2, -0.15) is 5.10 Å². The summed E-state index contributed by atoms with van der Waals surface area (Å²) >= 11 is 3.55. The molecule has 0 spiro atoms. The first-order chi connectivity index (χ1) is 18.3. The van der Waals surface area contributed by atoms with Gasteiger partial charge in [0.15, 0.2) is 0 Å². The number of hydrogen-bond acceptors (Lipinski definition) is 4. The van der Waals surface area contributed by atoms with Gasteiger partial charge in [0.2, 0.25) is 15.5 Å². The Morgan fingerprint density at radius 2 is 1.95 bits per heavy atom. The molecule has 2 amide bonds. The summed E-state index contributed by atoms with van der Waals surface area (Å²) in [5.41, 5.74) is 3.63. The average Bonchev–Trinajstić information content (AvgIpc) is 3.52. The van der Waals surface area contributed by atoms with Gasteiger partial charge >= 0.3 is 0 Å². The second-order valence-electron chi connectivity index (χ2n) is 10.9. The monoisotopic (exact) mass is 662 g/mol. The van der Waals surface area contributed by atoms with Crippen LogP contribution in [0, 0.1) is 0 Å². The molecule has 1 aromatic carbocycles. The van der Waals surface area contributed by atoms with Crippen LogP contribution in [0.4, 0.5) is 4.39 Å². The Morgan fingerprint density at radius 3 is 2.56 bits per heavy atom. The van der Waals surface area contributed by atoms with E-state index in [-0.39, 0.29) is 17.7 Å². The minimum Gasteiger partial charge on any atom is -0.344 e. The first-order valence-electron chi connectivity index (χ1n) is 13.1. The molecule has 0 N–H and O–H groups in total. The summed E-state index contributed by atoms with van der Waals surface area (Å²) < 4.78 is 15.8. The number of nitrogens with zero attached hydrogens (tertiary/aromatic N) is 4. The Balaban J connectivity index is 1.88. The Kier molecular flexibility index (Phi) is 8.42. The van der Waals surface area contributed by atoms with E-state index in [1.165, 1.54) is 35.2 Å². The maximum atomic E-state index is 15.7. The van der Waals surface area contributed by atoms with E-state index in [1.54, 1.807) is 50.6 Å². The van der Waals surface area contributed by atoms with E-state index < -0.39 is 9.21 Å². The van der Waals surface area contributed by atoms with Gasteiger partial charge in [0.25, 0.3) is 0 Å². The zero-order valence-electron chi connectivity index (χ0n) is 23.4. The second-order valence-corrected chi connectivity index (χ2v) is 14.2. The fourth-order valence-corrected chi connectivity index (χ4v) is 6.81. The topological polar surface area (TPSA) is 58.4 Å². The number of benzene rings is 1. The van der Waals surface area contributed by atoms with Gasteiger partial charge in [0.1, 0.15) is 5.69 Å². The highest BCUT2D eigenvalue weighted by Gasteiger charge is 2.36. The van der Waals surface area contributed by atoms with Crippen molar-refractivity contribution >= 4 is 45.7 Å². The van der Waals surface area contributed by atoms with Crippen LogP contribution in [-0.4, -0.2) is 51.5 Å². The van der Waals surface area contributed by atoms with Crippen molar-refractivity contribution in [1.29, 1.82) is 0 Å².